The number of nitrogens with two attached hydrogens (primary N) is 1. The maximum Gasteiger partial charge on any atom is 0.262 e. The van der Waals surface area contributed by atoms with Crippen molar-refractivity contribution in [1.29, 1.82) is 0 Å². The molecule has 3 N–H and O–H groups in total. The highest BCUT2D eigenvalue weighted by molar-refractivity contribution is 6.30. The predicted octanol–water partition coefficient (Wildman–Crippen LogP) is 5.03. The molecule has 0 aliphatic rings. The lowest BCUT2D eigenvalue weighted by Crippen LogP contribution is -2.22. The molecule has 0 aliphatic carbocycles. The summed E-state index contributed by atoms with van der Waals surface area (Å²) in [5.41, 5.74) is 6.61. The van der Waals surface area contributed by atoms with Gasteiger partial charge in [-0.25, -0.2) is 8.78 Å². The molecule has 0 fully saturated rings. The second-order valence-electron chi connectivity index (χ2n) is 7.19. The van der Waals surface area contributed by atoms with Crippen molar-refractivity contribution in [1.82, 2.24) is 4.57 Å². The molecule has 0 bridgehead atoms. The predicted molar refractivity (Wildman–Crippen MR) is 111 cm³/mol. The zero-order chi connectivity index (χ0) is 22.2. The van der Waals surface area contributed by atoms with E-state index in [0.29, 0.717) is 29.5 Å². The summed E-state index contributed by atoms with van der Waals surface area (Å²) in [6, 6.07) is 5.81. The van der Waals surface area contributed by atoms with Gasteiger partial charge >= 0.3 is 0 Å². The smallest absolute Gasteiger partial charge is 0.262 e. The van der Waals surface area contributed by atoms with E-state index in [2.05, 4.69) is 0 Å². The van der Waals surface area contributed by atoms with E-state index in [1.165, 1.54) is 22.8 Å². The molecule has 3 aromatic rings. The Morgan fingerprint density at radius 3 is 2.50 bits per heavy atom. The molecule has 1 heterocycles. The third kappa shape index (κ3) is 3.77. The molecule has 0 spiro atoms. The minimum absolute atomic E-state index is 0.00103. The molecule has 0 radical (unpaired) electrons. The number of aromatic hydroxyl groups is 1. The quantitative estimate of drug-likeness (QED) is 0.570. The van der Waals surface area contributed by atoms with Crippen LogP contribution in [0.1, 0.15) is 53.7 Å². The Hall–Kier alpha value is -2.93. The average Bonchev–Trinajstić information content (AvgIpc) is 2.95. The fourth-order valence-electron chi connectivity index (χ4n) is 3.75. The largest absolute Gasteiger partial charge is 0.505 e. The number of rotatable bonds is 6. The van der Waals surface area contributed by atoms with Crippen molar-refractivity contribution < 1.29 is 23.5 Å². The Kier molecular flexibility index (Phi) is 6.12. The molecule has 0 aliphatic heterocycles. The van der Waals surface area contributed by atoms with E-state index in [0.717, 1.165) is 18.6 Å². The van der Waals surface area contributed by atoms with Crippen LogP contribution in [0.5, 0.6) is 5.75 Å². The van der Waals surface area contributed by atoms with Crippen LogP contribution >= 0.6 is 11.6 Å². The summed E-state index contributed by atoms with van der Waals surface area (Å²) < 4.78 is 29.3. The molecule has 1 aromatic heterocycles. The third-order valence-electron chi connectivity index (χ3n) is 5.23. The Morgan fingerprint density at radius 1 is 1.20 bits per heavy atom. The number of benzene rings is 2. The van der Waals surface area contributed by atoms with Crippen LogP contribution in [0.25, 0.3) is 10.9 Å². The van der Waals surface area contributed by atoms with E-state index in [9.17, 15) is 23.5 Å². The second-order valence-corrected chi connectivity index (χ2v) is 7.59. The topological polar surface area (TPSA) is 85.3 Å². The number of halogens is 3. The zero-order valence-corrected chi connectivity index (χ0v) is 17.3. The van der Waals surface area contributed by atoms with Gasteiger partial charge in [0.2, 0.25) is 5.91 Å². The maximum absolute atomic E-state index is 14.2. The van der Waals surface area contributed by atoms with E-state index in [-0.39, 0.29) is 16.1 Å². The molecule has 158 valence electrons. The summed E-state index contributed by atoms with van der Waals surface area (Å²) in [6.45, 7) is 3.57. The van der Waals surface area contributed by atoms with Gasteiger partial charge in [0.25, 0.3) is 5.91 Å². The number of hydrogen-bond acceptors (Lipinski definition) is 3. The first-order valence-corrected chi connectivity index (χ1v) is 9.87. The van der Waals surface area contributed by atoms with E-state index in [1.54, 1.807) is 6.92 Å². The molecule has 1 atom stereocenters. The number of fused-ring (bicyclic) bond motifs is 1. The second kappa shape index (κ2) is 8.44. The summed E-state index contributed by atoms with van der Waals surface area (Å²) in [5, 5.41) is 10.1. The number of nitrogens with zero attached hydrogens (tertiary/aromatic N) is 1. The van der Waals surface area contributed by atoms with Crippen molar-refractivity contribution in [2.45, 2.75) is 39.0 Å². The van der Waals surface area contributed by atoms with Gasteiger partial charge in [0.05, 0.1) is 16.5 Å². The van der Waals surface area contributed by atoms with Gasteiger partial charge in [-0.3, -0.25) is 14.2 Å². The standard InChI is InChI=1S/C22H21ClF2N2O3/c1-3-4-5-13(21(26)29)20-11(2)27(18-10-17(25)19(28)9-14(18)20)22(30)12-6-7-15(23)16(24)8-12/h6-10,13,28H,3-5H2,1-2H3,(H2,26,29). The van der Waals surface area contributed by atoms with Crippen LogP contribution < -0.4 is 5.73 Å². The molecular weight excluding hydrogens is 414 g/mol. The molecule has 8 heteroatoms. The van der Waals surface area contributed by atoms with E-state index in [4.69, 9.17) is 17.3 Å². The number of amides is 1. The fraction of sp³-hybridized carbons (Fsp3) is 0.273. The zero-order valence-electron chi connectivity index (χ0n) is 16.5. The lowest BCUT2D eigenvalue weighted by atomic mass is 9.90. The number of unbranched alkanes of at least 4 members (excludes halogenated alkanes) is 1. The SMILES string of the molecule is CCCCC(C(N)=O)c1c(C)n(C(=O)c2ccc(Cl)c(F)c2)c2cc(F)c(O)cc12. The summed E-state index contributed by atoms with van der Waals surface area (Å²) in [7, 11) is 0. The fourth-order valence-corrected chi connectivity index (χ4v) is 3.86. The molecule has 3 rings (SSSR count). The summed E-state index contributed by atoms with van der Waals surface area (Å²) in [4.78, 5) is 25.4. The minimum atomic E-state index is -0.924. The van der Waals surface area contributed by atoms with Gasteiger partial charge < -0.3 is 10.8 Å². The van der Waals surface area contributed by atoms with Crippen LogP contribution in [-0.4, -0.2) is 21.5 Å². The van der Waals surface area contributed by atoms with Crippen LogP contribution in [0.3, 0.4) is 0 Å². The third-order valence-corrected chi connectivity index (χ3v) is 5.54. The number of hydrogen-bond donors (Lipinski definition) is 2. The normalized spacial score (nSPS) is 12.3. The first-order chi connectivity index (χ1) is 14.2. The molecule has 1 unspecified atom stereocenters. The first-order valence-electron chi connectivity index (χ1n) is 9.49. The van der Waals surface area contributed by atoms with E-state index in [1.807, 2.05) is 6.92 Å². The van der Waals surface area contributed by atoms with Gasteiger partial charge in [-0.1, -0.05) is 31.4 Å². The molecule has 1 amide bonds. The van der Waals surface area contributed by atoms with E-state index >= 15 is 0 Å². The van der Waals surface area contributed by atoms with Crippen LogP contribution in [0.4, 0.5) is 8.78 Å². The summed E-state index contributed by atoms with van der Waals surface area (Å²) >= 11 is 5.70. The van der Waals surface area contributed by atoms with Gasteiger partial charge in [-0.2, -0.15) is 0 Å². The van der Waals surface area contributed by atoms with Crippen LogP contribution in [0.15, 0.2) is 30.3 Å². The Labute approximate surface area is 177 Å². The van der Waals surface area contributed by atoms with Crippen molar-refractivity contribution in [2.24, 2.45) is 5.73 Å². The number of primary amides is 1. The Bertz CT molecular complexity index is 1160. The number of aromatic nitrogens is 1. The van der Waals surface area contributed by atoms with Crippen molar-refractivity contribution in [3.8, 4) is 5.75 Å². The molecule has 5 nitrogen and oxygen atoms in total. The van der Waals surface area contributed by atoms with Gasteiger partial charge in [-0.05, 0) is 43.2 Å². The number of phenols is 1. The molecule has 30 heavy (non-hydrogen) atoms. The highest BCUT2D eigenvalue weighted by atomic mass is 35.5. The lowest BCUT2D eigenvalue weighted by molar-refractivity contribution is -0.119. The van der Waals surface area contributed by atoms with Crippen LogP contribution in [0, 0.1) is 18.6 Å². The number of carbonyl (C=O) groups is 2. The Balaban J connectivity index is 2.30. The van der Waals surface area contributed by atoms with Crippen LogP contribution in [0.2, 0.25) is 5.02 Å². The Morgan fingerprint density at radius 2 is 1.90 bits per heavy atom. The lowest BCUT2D eigenvalue weighted by Gasteiger charge is -2.14. The van der Waals surface area contributed by atoms with E-state index < -0.39 is 35.1 Å². The monoisotopic (exact) mass is 434 g/mol. The first kappa shape index (κ1) is 21.8. The minimum Gasteiger partial charge on any atom is -0.505 e. The molecule has 0 saturated heterocycles. The van der Waals surface area contributed by atoms with Crippen LogP contribution in [-0.2, 0) is 4.79 Å². The molecular formula is C22H21ClF2N2O3. The van der Waals surface area contributed by atoms with Gasteiger partial charge in [-0.15, -0.1) is 0 Å². The number of carbonyl (C=O) groups excluding carboxylic acids is 2. The van der Waals surface area contributed by atoms with Gasteiger partial charge in [0.15, 0.2) is 11.6 Å². The van der Waals surface area contributed by atoms with Gasteiger partial charge in [0, 0.05) is 22.7 Å². The molecule has 2 aromatic carbocycles. The molecule has 0 saturated carbocycles. The summed E-state index contributed by atoms with van der Waals surface area (Å²) in [6.07, 6.45) is 1.97. The van der Waals surface area contributed by atoms with Crippen molar-refractivity contribution in [2.75, 3.05) is 0 Å². The van der Waals surface area contributed by atoms with Crippen molar-refractivity contribution in [3.63, 3.8) is 0 Å². The van der Waals surface area contributed by atoms with Gasteiger partial charge in [0.1, 0.15) is 5.82 Å². The highest BCUT2D eigenvalue weighted by Gasteiger charge is 2.29. The average molecular weight is 435 g/mol. The summed E-state index contributed by atoms with van der Waals surface area (Å²) in [5.74, 6) is -4.23. The van der Waals surface area contributed by atoms with Crippen molar-refractivity contribution in [3.05, 3.63) is 63.8 Å². The maximum atomic E-state index is 14.2. The highest BCUT2D eigenvalue weighted by Crippen LogP contribution is 2.37. The number of phenolic OH excluding ortho intramolecular Hbond substituents is 1. The van der Waals surface area contributed by atoms with Crippen molar-refractivity contribution >= 4 is 34.3 Å².